The maximum Gasteiger partial charge on any atom is 0.115 e. The van der Waals surface area contributed by atoms with Gasteiger partial charge in [0.15, 0.2) is 0 Å². The van der Waals surface area contributed by atoms with Gasteiger partial charge in [0.1, 0.15) is 5.75 Å². The molecule has 0 amide bonds. The molecule has 1 fully saturated rings. The zero-order valence-corrected chi connectivity index (χ0v) is 15.6. The number of benzene rings is 2. The molecule has 0 bridgehead atoms. The van der Waals surface area contributed by atoms with Crippen molar-refractivity contribution in [2.45, 2.75) is 55.6 Å². The maximum absolute atomic E-state index is 11.4. The Labute approximate surface area is 161 Å². The number of aromatic hydroxyl groups is 1. The summed E-state index contributed by atoms with van der Waals surface area (Å²) in [6.07, 6.45) is 5.32. The molecule has 4 atom stereocenters. The monoisotopic (exact) mass is 364 g/mol. The molecular formula is C24H28O3. The number of hydrogen-bond acceptors (Lipinski definition) is 3. The molecule has 0 aliphatic heterocycles. The van der Waals surface area contributed by atoms with Gasteiger partial charge in [-0.05, 0) is 66.8 Å². The fraction of sp³-hybridized carbons (Fsp3) is 0.417. The average molecular weight is 364 g/mol. The molecule has 4 rings (SSSR count). The molecule has 142 valence electrons. The summed E-state index contributed by atoms with van der Waals surface area (Å²) in [6.45, 7) is 3.97. The first-order valence-corrected chi connectivity index (χ1v) is 9.84. The van der Waals surface area contributed by atoms with Gasteiger partial charge in [0.05, 0.1) is 11.7 Å². The Morgan fingerprint density at radius 2 is 1.89 bits per heavy atom. The SMILES string of the molecule is C=CC[C@@]12C[C@H](O)C(O)(Cc3ccccc3)C[C@H]1CCc1cc(O)ccc12. The van der Waals surface area contributed by atoms with Crippen molar-refractivity contribution in [3.05, 3.63) is 77.9 Å². The van der Waals surface area contributed by atoms with Crippen molar-refractivity contribution < 1.29 is 15.3 Å². The Morgan fingerprint density at radius 3 is 2.63 bits per heavy atom. The second-order valence-electron chi connectivity index (χ2n) is 8.42. The van der Waals surface area contributed by atoms with Crippen molar-refractivity contribution in [2.24, 2.45) is 5.92 Å². The summed E-state index contributed by atoms with van der Waals surface area (Å²) in [7, 11) is 0. The van der Waals surface area contributed by atoms with Gasteiger partial charge in [-0.25, -0.2) is 0 Å². The molecule has 0 aromatic heterocycles. The summed E-state index contributed by atoms with van der Waals surface area (Å²) in [6, 6.07) is 15.5. The van der Waals surface area contributed by atoms with Crippen LogP contribution >= 0.6 is 0 Å². The van der Waals surface area contributed by atoms with Gasteiger partial charge < -0.3 is 15.3 Å². The normalized spacial score (nSPS) is 32.4. The molecule has 3 heteroatoms. The number of aryl methyl sites for hydroxylation is 1. The number of aliphatic hydroxyl groups is 2. The van der Waals surface area contributed by atoms with Crippen LogP contribution in [0.25, 0.3) is 0 Å². The highest BCUT2D eigenvalue weighted by molar-refractivity contribution is 5.44. The number of hydrogen-bond donors (Lipinski definition) is 3. The van der Waals surface area contributed by atoms with Crippen LogP contribution in [0.15, 0.2) is 61.2 Å². The number of fused-ring (bicyclic) bond motifs is 3. The minimum absolute atomic E-state index is 0.217. The summed E-state index contributed by atoms with van der Waals surface area (Å²) < 4.78 is 0. The predicted molar refractivity (Wildman–Crippen MR) is 107 cm³/mol. The van der Waals surface area contributed by atoms with E-state index >= 15 is 0 Å². The van der Waals surface area contributed by atoms with E-state index in [1.165, 1.54) is 5.56 Å². The zero-order valence-electron chi connectivity index (χ0n) is 15.6. The van der Waals surface area contributed by atoms with Crippen molar-refractivity contribution in [1.29, 1.82) is 0 Å². The van der Waals surface area contributed by atoms with E-state index in [9.17, 15) is 15.3 Å². The van der Waals surface area contributed by atoms with Crippen LogP contribution in [0.3, 0.4) is 0 Å². The number of phenols is 1. The Balaban J connectivity index is 1.70. The molecule has 27 heavy (non-hydrogen) atoms. The van der Waals surface area contributed by atoms with E-state index in [-0.39, 0.29) is 17.1 Å². The van der Waals surface area contributed by atoms with Gasteiger partial charge in [-0.1, -0.05) is 42.5 Å². The molecule has 2 aromatic rings. The highest BCUT2D eigenvalue weighted by Gasteiger charge is 2.55. The molecule has 0 spiro atoms. The van der Waals surface area contributed by atoms with Crippen LogP contribution in [-0.4, -0.2) is 27.0 Å². The smallest absolute Gasteiger partial charge is 0.115 e. The molecule has 2 aromatic carbocycles. The molecular weight excluding hydrogens is 336 g/mol. The van der Waals surface area contributed by atoms with Crippen LogP contribution < -0.4 is 0 Å². The molecule has 0 radical (unpaired) electrons. The third kappa shape index (κ3) is 3.09. The van der Waals surface area contributed by atoms with Crippen molar-refractivity contribution >= 4 is 0 Å². The number of allylic oxidation sites excluding steroid dienone is 1. The molecule has 0 heterocycles. The summed E-state index contributed by atoms with van der Waals surface area (Å²) in [5, 5.41) is 32.3. The fourth-order valence-corrected chi connectivity index (χ4v) is 5.53. The van der Waals surface area contributed by atoms with E-state index in [0.717, 1.165) is 30.4 Å². The van der Waals surface area contributed by atoms with E-state index < -0.39 is 11.7 Å². The first kappa shape index (κ1) is 18.3. The van der Waals surface area contributed by atoms with E-state index in [2.05, 4.69) is 6.58 Å². The summed E-state index contributed by atoms with van der Waals surface area (Å²) >= 11 is 0. The van der Waals surface area contributed by atoms with E-state index in [0.29, 0.717) is 19.3 Å². The Morgan fingerprint density at radius 1 is 1.11 bits per heavy atom. The second kappa shape index (κ2) is 6.81. The van der Waals surface area contributed by atoms with Crippen molar-refractivity contribution in [2.75, 3.05) is 0 Å². The Bertz CT molecular complexity index is 831. The van der Waals surface area contributed by atoms with Crippen LogP contribution in [0.5, 0.6) is 5.75 Å². The second-order valence-corrected chi connectivity index (χ2v) is 8.42. The van der Waals surface area contributed by atoms with Crippen LogP contribution in [0.1, 0.15) is 42.4 Å². The third-order valence-corrected chi connectivity index (χ3v) is 6.81. The highest BCUT2D eigenvalue weighted by Crippen LogP contribution is 2.55. The lowest BCUT2D eigenvalue weighted by atomic mass is 9.52. The lowest BCUT2D eigenvalue weighted by molar-refractivity contribution is -0.138. The number of aliphatic hydroxyl groups excluding tert-OH is 1. The summed E-state index contributed by atoms with van der Waals surface area (Å²) in [5.74, 6) is 0.572. The summed E-state index contributed by atoms with van der Waals surface area (Å²) in [5.41, 5.74) is 2.10. The van der Waals surface area contributed by atoms with Gasteiger partial charge in [-0.2, -0.15) is 0 Å². The van der Waals surface area contributed by atoms with Crippen molar-refractivity contribution in [3.63, 3.8) is 0 Å². The molecule has 3 nitrogen and oxygen atoms in total. The minimum atomic E-state index is -1.11. The van der Waals surface area contributed by atoms with Crippen LogP contribution in [0.2, 0.25) is 0 Å². The zero-order chi connectivity index (χ0) is 19.1. The molecule has 0 saturated heterocycles. The first-order chi connectivity index (χ1) is 13.0. The molecule has 3 N–H and O–H groups in total. The van der Waals surface area contributed by atoms with Crippen LogP contribution in [-0.2, 0) is 18.3 Å². The minimum Gasteiger partial charge on any atom is -0.508 e. The quantitative estimate of drug-likeness (QED) is 0.721. The van der Waals surface area contributed by atoms with Gasteiger partial charge in [0.2, 0.25) is 0 Å². The van der Waals surface area contributed by atoms with E-state index in [1.807, 2.05) is 48.5 Å². The van der Waals surface area contributed by atoms with Gasteiger partial charge >= 0.3 is 0 Å². The molecule has 1 saturated carbocycles. The molecule has 1 unspecified atom stereocenters. The average Bonchev–Trinajstić information content (AvgIpc) is 2.64. The molecule has 2 aliphatic rings. The predicted octanol–water partition coefficient (Wildman–Crippen LogP) is 3.90. The highest BCUT2D eigenvalue weighted by atomic mass is 16.3. The largest absolute Gasteiger partial charge is 0.508 e. The topological polar surface area (TPSA) is 60.7 Å². The van der Waals surface area contributed by atoms with Gasteiger partial charge in [-0.3, -0.25) is 0 Å². The maximum atomic E-state index is 11.4. The van der Waals surface area contributed by atoms with Gasteiger partial charge in [0.25, 0.3) is 0 Å². The first-order valence-electron chi connectivity index (χ1n) is 9.84. The Hall–Kier alpha value is -2.10. The number of phenolic OH excluding ortho intramolecular Hbond substituents is 1. The van der Waals surface area contributed by atoms with E-state index in [4.69, 9.17) is 0 Å². The lowest BCUT2D eigenvalue weighted by Crippen LogP contribution is -2.58. The fourth-order valence-electron chi connectivity index (χ4n) is 5.53. The van der Waals surface area contributed by atoms with Crippen molar-refractivity contribution in [3.8, 4) is 5.75 Å². The lowest BCUT2D eigenvalue weighted by Gasteiger charge is -2.55. The van der Waals surface area contributed by atoms with Gasteiger partial charge in [-0.15, -0.1) is 6.58 Å². The van der Waals surface area contributed by atoms with Crippen LogP contribution in [0, 0.1) is 5.92 Å². The van der Waals surface area contributed by atoms with Crippen LogP contribution in [0.4, 0.5) is 0 Å². The summed E-state index contributed by atoms with van der Waals surface area (Å²) in [4.78, 5) is 0. The van der Waals surface area contributed by atoms with Crippen molar-refractivity contribution in [1.82, 2.24) is 0 Å². The number of rotatable bonds is 4. The third-order valence-electron chi connectivity index (χ3n) is 6.81. The van der Waals surface area contributed by atoms with Gasteiger partial charge in [0, 0.05) is 11.8 Å². The standard InChI is InChI=1S/C24H28O3/c1-2-12-23-16-22(26)24(27,14-17-6-4-3-5-7-17)15-19(23)9-8-18-13-20(25)10-11-21(18)23/h2-7,10-11,13,19,22,25-27H,1,8-9,12,14-16H2/t19-,22+,23-,24?/m1/s1. The Kier molecular flexibility index (Phi) is 4.61. The van der Waals surface area contributed by atoms with E-state index in [1.54, 1.807) is 6.07 Å². The molecule has 2 aliphatic carbocycles.